The zero-order chi connectivity index (χ0) is 22.5. The predicted octanol–water partition coefficient (Wildman–Crippen LogP) is 4.94. The van der Waals surface area contributed by atoms with Gasteiger partial charge in [0.05, 0.1) is 11.6 Å². The topological polar surface area (TPSA) is 63.5 Å². The van der Waals surface area contributed by atoms with Gasteiger partial charge in [0, 0.05) is 24.4 Å². The summed E-state index contributed by atoms with van der Waals surface area (Å²) in [5, 5.41) is 0.617. The number of amides is 1. The fourth-order valence-electron chi connectivity index (χ4n) is 3.26. The van der Waals surface area contributed by atoms with Crippen molar-refractivity contribution in [2.45, 2.75) is 20.4 Å². The van der Waals surface area contributed by atoms with Crippen LogP contribution < -0.4 is 9.47 Å². The van der Waals surface area contributed by atoms with E-state index < -0.39 is 5.91 Å². The molecule has 0 bridgehead atoms. The van der Waals surface area contributed by atoms with E-state index in [1.165, 1.54) is 0 Å². The van der Waals surface area contributed by atoms with Crippen molar-refractivity contribution in [1.29, 1.82) is 0 Å². The maximum absolute atomic E-state index is 12.6. The van der Waals surface area contributed by atoms with Gasteiger partial charge in [-0.2, -0.15) is 4.99 Å². The SMILES string of the molecule is CC(C)COc1cccc(OCC(=O)N=C2N=C3C=CC(Cl)=CN3Cc3ccccc32)c1. The Labute approximate surface area is 192 Å². The molecule has 0 spiro atoms. The second kappa shape index (κ2) is 9.83. The molecule has 2 aromatic carbocycles. The zero-order valence-electron chi connectivity index (χ0n) is 18.0. The van der Waals surface area contributed by atoms with Crippen LogP contribution in [-0.4, -0.2) is 35.7 Å². The maximum atomic E-state index is 12.6. The van der Waals surface area contributed by atoms with Crippen molar-refractivity contribution in [3.05, 3.63) is 83.0 Å². The Bertz CT molecular complexity index is 1130. The average molecular weight is 450 g/mol. The van der Waals surface area contributed by atoms with E-state index in [1.54, 1.807) is 18.2 Å². The van der Waals surface area contributed by atoms with E-state index in [0.29, 0.717) is 47.3 Å². The number of halogens is 1. The van der Waals surface area contributed by atoms with E-state index in [0.717, 1.165) is 11.1 Å². The number of fused-ring (bicyclic) bond motifs is 2. The van der Waals surface area contributed by atoms with Crippen LogP contribution in [0.3, 0.4) is 0 Å². The minimum Gasteiger partial charge on any atom is -0.493 e. The second-order valence-electron chi connectivity index (χ2n) is 7.90. The molecule has 0 N–H and O–H groups in total. The minimum absolute atomic E-state index is 0.199. The molecule has 6 nitrogen and oxygen atoms in total. The lowest BCUT2D eigenvalue weighted by atomic mass is 10.1. The summed E-state index contributed by atoms with van der Waals surface area (Å²) in [4.78, 5) is 23.5. The van der Waals surface area contributed by atoms with E-state index in [2.05, 4.69) is 23.8 Å². The number of ether oxygens (including phenoxy) is 2. The molecule has 164 valence electrons. The molecule has 2 heterocycles. The van der Waals surface area contributed by atoms with Crippen LogP contribution in [0, 0.1) is 5.92 Å². The molecule has 0 saturated heterocycles. The molecular weight excluding hydrogens is 426 g/mol. The van der Waals surface area contributed by atoms with Crippen LogP contribution in [0.5, 0.6) is 11.5 Å². The Hall–Kier alpha value is -3.38. The first-order valence-electron chi connectivity index (χ1n) is 10.4. The van der Waals surface area contributed by atoms with Crippen molar-refractivity contribution in [1.82, 2.24) is 4.90 Å². The summed E-state index contributed by atoms with van der Waals surface area (Å²) in [5.74, 6) is 2.28. The molecule has 7 heteroatoms. The third-order valence-corrected chi connectivity index (χ3v) is 4.99. The molecule has 2 aliphatic rings. The zero-order valence-corrected chi connectivity index (χ0v) is 18.7. The number of hydrogen-bond acceptors (Lipinski definition) is 4. The molecule has 4 rings (SSSR count). The van der Waals surface area contributed by atoms with Crippen LogP contribution in [0.15, 0.2) is 81.9 Å². The van der Waals surface area contributed by atoms with Gasteiger partial charge in [-0.3, -0.25) is 4.79 Å². The Morgan fingerprint density at radius 2 is 1.91 bits per heavy atom. The summed E-state index contributed by atoms with van der Waals surface area (Å²) in [7, 11) is 0. The first-order chi connectivity index (χ1) is 15.5. The van der Waals surface area contributed by atoms with E-state index in [4.69, 9.17) is 21.1 Å². The molecule has 2 aliphatic heterocycles. The number of benzene rings is 2. The number of nitrogens with zero attached hydrogens (tertiary/aromatic N) is 3. The standard InChI is InChI=1S/C25H24ClN3O3/c1-17(2)15-31-20-7-5-8-21(12-20)32-16-24(30)28-25-22-9-4-3-6-18(22)13-29-14-19(26)10-11-23(29)27-25/h3-12,14,17H,13,15-16H2,1-2H3. The van der Waals surface area contributed by atoms with Crippen LogP contribution in [0.4, 0.5) is 0 Å². The molecule has 0 aliphatic carbocycles. The molecule has 0 unspecified atom stereocenters. The van der Waals surface area contributed by atoms with Crippen molar-refractivity contribution < 1.29 is 14.3 Å². The first kappa shape index (κ1) is 21.8. The van der Waals surface area contributed by atoms with Gasteiger partial charge in [0.2, 0.25) is 0 Å². The van der Waals surface area contributed by atoms with Crippen molar-refractivity contribution >= 4 is 29.2 Å². The monoisotopic (exact) mass is 449 g/mol. The Kier molecular flexibility index (Phi) is 6.71. The molecule has 0 aromatic heterocycles. The lowest BCUT2D eigenvalue weighted by Crippen LogP contribution is -2.25. The number of hydrogen-bond donors (Lipinski definition) is 0. The van der Waals surface area contributed by atoms with E-state index >= 15 is 0 Å². The van der Waals surface area contributed by atoms with Crippen molar-refractivity contribution in [2.75, 3.05) is 13.2 Å². The largest absolute Gasteiger partial charge is 0.493 e. The highest BCUT2D eigenvalue weighted by atomic mass is 35.5. The van der Waals surface area contributed by atoms with Crippen molar-refractivity contribution in [3.63, 3.8) is 0 Å². The highest BCUT2D eigenvalue weighted by molar-refractivity contribution is 6.32. The number of rotatable bonds is 6. The van der Waals surface area contributed by atoms with Crippen molar-refractivity contribution in [2.24, 2.45) is 15.9 Å². The Balaban J connectivity index is 1.51. The number of aliphatic imine (C=N–C) groups is 2. The van der Waals surface area contributed by atoms with Gasteiger partial charge in [0.15, 0.2) is 12.4 Å². The highest BCUT2D eigenvalue weighted by Gasteiger charge is 2.21. The first-order valence-corrected chi connectivity index (χ1v) is 10.8. The second-order valence-corrected chi connectivity index (χ2v) is 8.34. The van der Waals surface area contributed by atoms with E-state index in [1.807, 2.05) is 53.6 Å². The molecule has 2 aromatic rings. The summed E-state index contributed by atoms with van der Waals surface area (Å²) in [6, 6.07) is 15.0. The molecule has 32 heavy (non-hydrogen) atoms. The molecule has 0 atom stereocenters. The van der Waals surface area contributed by atoms with Gasteiger partial charge in [-0.15, -0.1) is 0 Å². The van der Waals surface area contributed by atoms with Crippen LogP contribution in [-0.2, 0) is 11.3 Å². The van der Waals surface area contributed by atoms with Crippen LogP contribution >= 0.6 is 11.6 Å². The number of carbonyl (C=O) groups excluding carboxylic acids is 1. The van der Waals surface area contributed by atoms with Crippen molar-refractivity contribution in [3.8, 4) is 11.5 Å². The molecule has 0 fully saturated rings. The summed E-state index contributed by atoms with van der Waals surface area (Å²) in [6.45, 7) is 5.17. The summed E-state index contributed by atoms with van der Waals surface area (Å²) < 4.78 is 11.4. The fourth-order valence-corrected chi connectivity index (χ4v) is 3.44. The van der Waals surface area contributed by atoms with Gasteiger partial charge >= 0.3 is 0 Å². The fraction of sp³-hybridized carbons (Fsp3) is 0.240. The minimum atomic E-state index is -0.422. The van der Waals surface area contributed by atoms with Gasteiger partial charge in [0.25, 0.3) is 5.91 Å². The average Bonchev–Trinajstić information content (AvgIpc) is 2.93. The third kappa shape index (κ3) is 5.45. The normalized spacial score (nSPS) is 16.1. The van der Waals surface area contributed by atoms with Gasteiger partial charge in [-0.1, -0.05) is 55.8 Å². The van der Waals surface area contributed by atoms with E-state index in [9.17, 15) is 4.79 Å². The summed E-state index contributed by atoms with van der Waals surface area (Å²) in [6.07, 6.45) is 5.40. The summed E-state index contributed by atoms with van der Waals surface area (Å²) >= 11 is 6.15. The summed E-state index contributed by atoms with van der Waals surface area (Å²) in [5.41, 5.74) is 1.81. The number of allylic oxidation sites excluding steroid dienone is 2. The number of amidine groups is 2. The molecule has 0 saturated carbocycles. The number of carbonyl (C=O) groups is 1. The Morgan fingerprint density at radius 1 is 1.12 bits per heavy atom. The predicted molar refractivity (Wildman–Crippen MR) is 126 cm³/mol. The third-order valence-electron chi connectivity index (χ3n) is 4.77. The van der Waals surface area contributed by atoms with Gasteiger partial charge in [0.1, 0.15) is 17.3 Å². The van der Waals surface area contributed by atoms with E-state index in [-0.39, 0.29) is 6.61 Å². The lowest BCUT2D eigenvalue weighted by molar-refractivity contribution is -0.119. The van der Waals surface area contributed by atoms with Gasteiger partial charge in [-0.05, 0) is 35.8 Å². The highest BCUT2D eigenvalue weighted by Crippen LogP contribution is 2.23. The quantitative estimate of drug-likeness (QED) is 0.626. The smallest absolute Gasteiger partial charge is 0.285 e. The Morgan fingerprint density at radius 3 is 2.72 bits per heavy atom. The molecule has 1 amide bonds. The molecular formula is C25H24ClN3O3. The van der Waals surface area contributed by atoms with Crippen LogP contribution in [0.1, 0.15) is 25.0 Å². The van der Waals surface area contributed by atoms with Gasteiger partial charge < -0.3 is 14.4 Å². The maximum Gasteiger partial charge on any atom is 0.285 e. The van der Waals surface area contributed by atoms with Crippen LogP contribution in [0.25, 0.3) is 0 Å². The van der Waals surface area contributed by atoms with Gasteiger partial charge in [-0.25, -0.2) is 4.99 Å². The molecule has 0 radical (unpaired) electrons. The van der Waals surface area contributed by atoms with Crippen LogP contribution in [0.2, 0.25) is 0 Å². The lowest BCUT2D eigenvalue weighted by Gasteiger charge is -2.21.